The number of ether oxygens (including phenoxy) is 3. The van der Waals surface area contributed by atoms with Gasteiger partial charge in [0.2, 0.25) is 48.2 Å². The van der Waals surface area contributed by atoms with E-state index in [1.807, 2.05) is 0 Å². The number of aldehydes is 1. The van der Waals surface area contributed by atoms with Gasteiger partial charge in [0.25, 0.3) is 0 Å². The van der Waals surface area contributed by atoms with Gasteiger partial charge in [0.1, 0.15) is 0 Å². The second-order valence-corrected chi connectivity index (χ2v) is 11.2. The van der Waals surface area contributed by atoms with Crippen molar-refractivity contribution >= 4 is 71.8 Å². The molecule has 0 fully saturated rings. The highest BCUT2D eigenvalue weighted by molar-refractivity contribution is 7.81. The molecule has 0 rings (SSSR count). The molecule has 0 aliphatic carbocycles. The summed E-state index contributed by atoms with van der Waals surface area (Å²) in [7, 11) is -1.11. The van der Waals surface area contributed by atoms with Crippen LogP contribution in [0.15, 0.2) is 0 Å². The van der Waals surface area contributed by atoms with Crippen LogP contribution in [-0.4, -0.2) is 144 Å². The molecule has 0 saturated carbocycles. The number of nitrogens with two attached hydrogens (primary N) is 1. The summed E-state index contributed by atoms with van der Waals surface area (Å²) in [4.78, 5) is 90.1. The van der Waals surface area contributed by atoms with E-state index in [0.29, 0.717) is 0 Å². The molecule has 0 aliphatic heterocycles. The molecular weight excluding hydrogens is 787 g/mol. The van der Waals surface area contributed by atoms with Crippen LogP contribution in [0.4, 0.5) is 0 Å². The topological polar surface area (TPSA) is 412 Å². The van der Waals surface area contributed by atoms with Gasteiger partial charge in [0, 0.05) is 50.5 Å². The lowest BCUT2D eigenvalue weighted by atomic mass is 10.5. The number of nitrogens with one attached hydrogen (secondary N) is 3. The number of carbonyl (C=O) groups is 9. The number of carboxylic acids is 2. The van der Waals surface area contributed by atoms with E-state index in [-0.39, 0.29) is 41.8 Å². The Morgan fingerprint density at radius 1 is 0.741 bits per heavy atom. The maximum Gasteiger partial charge on any atom is 0.426 e. The first-order valence-electron chi connectivity index (χ1n) is 12.4. The van der Waals surface area contributed by atoms with Crippen molar-refractivity contribution in [3.05, 3.63) is 0 Å². The molecule has 54 heavy (non-hydrogen) atoms. The lowest BCUT2D eigenvalue weighted by Gasteiger charge is -2.22. The summed E-state index contributed by atoms with van der Waals surface area (Å²) in [5, 5.41) is 37.2. The van der Waals surface area contributed by atoms with Gasteiger partial charge in [-0.15, -0.1) is 0 Å². The van der Waals surface area contributed by atoms with Crippen molar-refractivity contribution in [3.63, 3.8) is 0 Å². The van der Waals surface area contributed by atoms with E-state index in [1.54, 1.807) is 5.32 Å². The van der Waals surface area contributed by atoms with Gasteiger partial charge in [-0.1, -0.05) is 26.6 Å². The summed E-state index contributed by atoms with van der Waals surface area (Å²) in [6, 6.07) is 0. The maximum atomic E-state index is 11.8. The Balaban J connectivity index is -0.0000000571. The molecule has 0 aromatic rings. The predicted octanol–water partition coefficient (Wildman–Crippen LogP) is -1.82. The summed E-state index contributed by atoms with van der Waals surface area (Å²) in [6.45, 7) is 4.88. The zero-order valence-electron chi connectivity index (χ0n) is 28.8. The first-order valence-corrected chi connectivity index (χ1v) is 15.3. The van der Waals surface area contributed by atoms with Gasteiger partial charge >= 0.3 is 41.9 Å². The maximum absolute atomic E-state index is 11.8. The number of methoxy groups -OCH3 is 3. The predicted molar refractivity (Wildman–Crippen MR) is 186 cm³/mol. The number of carboxylic acid groups (broad SMARTS) is 2. The largest absolute Gasteiger partial charge is 0.478 e. The molecule has 9 N–H and O–H groups in total. The zero-order chi connectivity index (χ0) is 42.1. The summed E-state index contributed by atoms with van der Waals surface area (Å²) >= 11 is 0. The van der Waals surface area contributed by atoms with Crippen LogP contribution in [0, 0.1) is 0 Å². The van der Waals surface area contributed by atoms with E-state index < -0.39 is 71.9 Å². The summed E-state index contributed by atoms with van der Waals surface area (Å²) < 4.78 is 60.1. The Hall–Kier alpha value is -4.67. The van der Waals surface area contributed by atoms with E-state index in [9.17, 15) is 46.5 Å². The molecule has 0 aromatic heterocycles. The van der Waals surface area contributed by atoms with Crippen molar-refractivity contribution in [3.8, 4) is 0 Å². The number of hydrogen-bond acceptors (Lipinski definition) is 21. The highest BCUT2D eigenvalue weighted by atomic mass is 32.3. The third-order valence-electron chi connectivity index (χ3n) is 3.55. The van der Waals surface area contributed by atoms with Gasteiger partial charge in [-0.25, -0.2) is 28.6 Å². The first-order chi connectivity index (χ1) is 23.2. The average Bonchev–Trinajstić information content (AvgIpc) is 3.05. The van der Waals surface area contributed by atoms with Crippen LogP contribution in [0.1, 0.15) is 51.4 Å². The molecule has 0 aromatic carbocycles. The summed E-state index contributed by atoms with van der Waals surface area (Å²) in [5.74, 6) is -7.66. The Labute approximate surface area is 314 Å². The standard InChI is InChI=1S/C7H14NO6P.C6H11NO4.C4H7NO4.C2H5NO.C2H2O3.CH4O5S.3CH4.H2/c1-5(9)8-6(7(10)12-2)15(11,13-3)14-4;1-4(8)7-5(10-2)6(9)11-3;1-2(6)5-3(7)4(8)9;1-2(3)4;3-1-2(4)5;1-5-7(3,4)6-2;;;;/h6H,1-4H3,(H,8,9);5H,1-3H3,(H,7,8);3,7H,1H3,(H,5,6)(H,8,9);1H3,(H2,3,4);1H,(H,4,5);2H,1H3;3*1H4;1H. The molecule has 27 nitrogen and oxygen atoms in total. The second kappa shape index (κ2) is 41.1. The fraction of sp³-hybridized carbons (Fsp3) is 0.640. The van der Waals surface area contributed by atoms with Crippen LogP contribution in [-0.2, 0) is 89.9 Å². The monoisotopic (exact) mass is 844 g/mol. The average molecular weight is 845 g/mol. The van der Waals surface area contributed by atoms with Crippen molar-refractivity contribution in [2.75, 3.05) is 42.7 Å². The third kappa shape index (κ3) is 49.4. The fourth-order valence-electron chi connectivity index (χ4n) is 1.65. The van der Waals surface area contributed by atoms with E-state index in [1.165, 1.54) is 35.0 Å². The number of aliphatic carboxylic acids is 2. The van der Waals surface area contributed by atoms with Crippen LogP contribution in [0.5, 0.6) is 0 Å². The molecule has 29 heteroatoms. The number of rotatable bonds is 13. The number of aliphatic hydroxyl groups excluding tert-OH is 1. The van der Waals surface area contributed by atoms with Gasteiger partial charge in [0.05, 0.1) is 21.3 Å². The second-order valence-electron chi connectivity index (χ2n) is 7.53. The van der Waals surface area contributed by atoms with E-state index in [4.69, 9.17) is 30.2 Å². The summed E-state index contributed by atoms with van der Waals surface area (Å²) in [6.07, 6.45) is -2.96. The Morgan fingerprint density at radius 2 is 1.07 bits per heavy atom. The highest BCUT2D eigenvalue weighted by Gasteiger charge is 2.41. The van der Waals surface area contributed by atoms with Gasteiger partial charge in [-0.05, 0) is 0 Å². The number of primary amides is 1. The summed E-state index contributed by atoms with van der Waals surface area (Å²) in [5.41, 5.74) is 4.47. The van der Waals surface area contributed by atoms with Gasteiger partial charge in [-0.3, -0.25) is 28.5 Å². The number of hydrogen-bond donors (Lipinski definition) is 8. The molecule has 0 aliphatic rings. The third-order valence-corrected chi connectivity index (χ3v) is 6.13. The van der Waals surface area contributed by atoms with Crippen molar-refractivity contribution in [2.45, 2.75) is 68.2 Å². The van der Waals surface area contributed by atoms with Crippen LogP contribution >= 0.6 is 7.60 Å². The number of aliphatic hydroxyl groups is 1. The Kier molecular flexibility index (Phi) is 53.9. The number of esters is 2. The lowest BCUT2D eigenvalue weighted by Crippen LogP contribution is -2.41. The molecule has 0 heterocycles. The van der Waals surface area contributed by atoms with Crippen LogP contribution in [0.25, 0.3) is 0 Å². The molecule has 3 unspecified atom stereocenters. The number of amides is 4. The normalized spacial score (nSPS) is 10.7. The Bertz CT molecular complexity index is 1250. The quantitative estimate of drug-likeness (QED) is 0.0192. The lowest BCUT2D eigenvalue weighted by molar-refractivity contribution is -0.156. The molecule has 0 bridgehead atoms. The van der Waals surface area contributed by atoms with Crippen molar-refractivity contribution in [1.29, 1.82) is 0 Å². The van der Waals surface area contributed by atoms with Crippen LogP contribution in [0.2, 0.25) is 0 Å². The van der Waals surface area contributed by atoms with Gasteiger partial charge in [-0.2, -0.15) is 8.42 Å². The SMILES string of the molecule is C.C.C.CC(=O)NC(O)C(=O)O.CC(N)=O.COC(=O)C(NC(C)=O)OC.COC(=O)C(NC(C)=O)P(=O)(OC)OC.COS(=O)(=O)OO.O=CC(=O)O.[HH]. The Morgan fingerprint density at radius 3 is 1.22 bits per heavy atom. The number of carbonyl (C=O) groups excluding carboxylic acids is 7. The van der Waals surface area contributed by atoms with E-state index in [0.717, 1.165) is 35.4 Å². The van der Waals surface area contributed by atoms with E-state index in [2.05, 4.69) is 48.1 Å². The van der Waals surface area contributed by atoms with Gasteiger partial charge in [0.15, 0.2) is 0 Å². The van der Waals surface area contributed by atoms with E-state index >= 15 is 0 Å². The van der Waals surface area contributed by atoms with Crippen LogP contribution in [0.3, 0.4) is 0 Å². The highest BCUT2D eigenvalue weighted by Crippen LogP contribution is 2.50. The molecular formula is C25H57N4O23PS. The van der Waals surface area contributed by atoms with Crippen molar-refractivity contribution in [2.24, 2.45) is 5.73 Å². The zero-order valence-corrected chi connectivity index (χ0v) is 30.5. The minimum atomic E-state index is -4.10. The smallest absolute Gasteiger partial charge is 0.426 e. The van der Waals surface area contributed by atoms with Gasteiger partial charge < -0.3 is 60.3 Å². The molecule has 4 amide bonds. The van der Waals surface area contributed by atoms with Crippen LogP contribution < -0.4 is 21.7 Å². The molecule has 326 valence electrons. The first kappa shape index (κ1) is 70.8. The fourth-order valence-corrected chi connectivity index (χ4v) is 2.98. The van der Waals surface area contributed by atoms with Crippen molar-refractivity contribution < 1.29 is 110 Å². The molecule has 0 spiro atoms. The minimum Gasteiger partial charge on any atom is -0.478 e. The molecule has 3 atom stereocenters. The van der Waals surface area contributed by atoms with Crippen molar-refractivity contribution in [1.82, 2.24) is 16.0 Å². The molecule has 0 radical (unpaired) electrons. The molecule has 0 saturated heterocycles. The minimum absolute atomic E-state index is 0.